The molecule has 0 fully saturated rings. The lowest BCUT2D eigenvalue weighted by atomic mass is 10.3. The Balaban J connectivity index is 2.80. The molecule has 0 atom stereocenters. The molecular weight excluding hydrogens is 306 g/mol. The van der Waals surface area contributed by atoms with Crippen molar-refractivity contribution >= 4 is 33.3 Å². The van der Waals surface area contributed by atoms with E-state index in [0.29, 0.717) is 6.42 Å². The van der Waals surface area contributed by atoms with Gasteiger partial charge < -0.3 is 9.84 Å². The number of aromatic carboxylic acids is 1. The number of nitrogens with zero attached hydrogens (tertiary/aromatic N) is 1. The van der Waals surface area contributed by atoms with Crippen LogP contribution in [-0.2, 0) is 19.6 Å². The molecule has 0 bridgehead atoms. The third kappa shape index (κ3) is 3.78. The van der Waals surface area contributed by atoms with E-state index in [2.05, 4.69) is 4.74 Å². The van der Waals surface area contributed by atoms with Gasteiger partial charge in [0.05, 0.1) is 7.11 Å². The summed E-state index contributed by atoms with van der Waals surface area (Å²) in [5.74, 6) is -1.70. The molecule has 0 aliphatic heterocycles. The van der Waals surface area contributed by atoms with Crippen LogP contribution in [0.4, 0.5) is 0 Å². The minimum atomic E-state index is -3.87. The molecule has 0 aliphatic rings. The molecule has 9 heteroatoms. The minimum Gasteiger partial charge on any atom is -0.477 e. The van der Waals surface area contributed by atoms with Gasteiger partial charge in [-0.25, -0.2) is 17.5 Å². The molecule has 0 spiro atoms. The molecule has 20 heavy (non-hydrogen) atoms. The first-order valence-corrected chi connectivity index (χ1v) is 7.96. The summed E-state index contributed by atoms with van der Waals surface area (Å²) in [6.45, 7) is 0.104. The Morgan fingerprint density at radius 2 is 2.10 bits per heavy atom. The SMILES string of the molecule is COC(=O)CCCN(C)S(=O)(=O)c1ccsc1C(=O)O. The summed E-state index contributed by atoms with van der Waals surface area (Å²) in [4.78, 5) is 21.5. The van der Waals surface area contributed by atoms with Crippen LogP contribution in [0.2, 0.25) is 0 Å². The number of carboxylic acid groups (broad SMARTS) is 1. The maximum atomic E-state index is 12.2. The van der Waals surface area contributed by atoms with E-state index >= 15 is 0 Å². The molecule has 1 rings (SSSR count). The van der Waals surface area contributed by atoms with Crippen molar-refractivity contribution in [1.82, 2.24) is 4.31 Å². The molecule has 1 N–H and O–H groups in total. The molecule has 0 saturated heterocycles. The fourth-order valence-electron chi connectivity index (χ4n) is 1.49. The number of hydrogen-bond donors (Lipinski definition) is 1. The number of thiophene rings is 1. The molecule has 0 saturated carbocycles. The van der Waals surface area contributed by atoms with Gasteiger partial charge in [-0.1, -0.05) is 0 Å². The van der Waals surface area contributed by atoms with Crippen LogP contribution in [0.5, 0.6) is 0 Å². The predicted octanol–water partition coefficient (Wildman–Crippen LogP) is 1.02. The number of methoxy groups -OCH3 is 1. The second kappa shape index (κ2) is 6.82. The van der Waals surface area contributed by atoms with Gasteiger partial charge in [-0.2, -0.15) is 0 Å². The second-order valence-corrected chi connectivity index (χ2v) is 6.85. The Morgan fingerprint density at radius 3 is 2.65 bits per heavy atom. The smallest absolute Gasteiger partial charge is 0.347 e. The number of rotatable bonds is 7. The number of carbonyl (C=O) groups excluding carboxylic acids is 1. The number of carbonyl (C=O) groups is 2. The number of carboxylic acids is 1. The Kier molecular flexibility index (Phi) is 5.66. The van der Waals surface area contributed by atoms with E-state index < -0.39 is 22.0 Å². The van der Waals surface area contributed by atoms with Gasteiger partial charge in [0.25, 0.3) is 0 Å². The zero-order chi connectivity index (χ0) is 15.3. The van der Waals surface area contributed by atoms with Crippen molar-refractivity contribution in [2.75, 3.05) is 20.7 Å². The van der Waals surface area contributed by atoms with E-state index in [0.717, 1.165) is 15.6 Å². The summed E-state index contributed by atoms with van der Waals surface area (Å²) >= 11 is 0.855. The lowest BCUT2D eigenvalue weighted by molar-refractivity contribution is -0.140. The van der Waals surface area contributed by atoms with Gasteiger partial charge in [0.1, 0.15) is 9.77 Å². The van der Waals surface area contributed by atoms with E-state index in [-0.39, 0.29) is 22.7 Å². The molecule has 1 aromatic heterocycles. The molecule has 0 radical (unpaired) electrons. The van der Waals surface area contributed by atoms with E-state index in [4.69, 9.17) is 5.11 Å². The topological polar surface area (TPSA) is 101 Å². The largest absolute Gasteiger partial charge is 0.477 e. The first-order chi connectivity index (χ1) is 9.30. The molecule has 0 aliphatic carbocycles. The molecule has 1 aromatic rings. The first-order valence-electron chi connectivity index (χ1n) is 5.64. The van der Waals surface area contributed by atoms with Crippen LogP contribution < -0.4 is 0 Å². The van der Waals surface area contributed by atoms with Gasteiger partial charge in [0, 0.05) is 20.0 Å². The minimum absolute atomic E-state index is 0.103. The van der Waals surface area contributed by atoms with E-state index in [1.807, 2.05) is 0 Å². The highest BCUT2D eigenvalue weighted by Crippen LogP contribution is 2.24. The van der Waals surface area contributed by atoms with Crippen molar-refractivity contribution in [3.05, 3.63) is 16.3 Å². The monoisotopic (exact) mass is 321 g/mol. The summed E-state index contributed by atoms with van der Waals surface area (Å²) < 4.78 is 29.9. The highest BCUT2D eigenvalue weighted by Gasteiger charge is 2.27. The third-order valence-electron chi connectivity index (χ3n) is 2.59. The van der Waals surface area contributed by atoms with E-state index in [1.165, 1.54) is 25.6 Å². The number of ether oxygens (including phenoxy) is 1. The molecule has 0 aromatic carbocycles. The first kappa shape index (κ1) is 16.6. The van der Waals surface area contributed by atoms with Crippen LogP contribution in [0.25, 0.3) is 0 Å². The molecule has 112 valence electrons. The second-order valence-electron chi connectivity index (χ2n) is 3.93. The fraction of sp³-hybridized carbons (Fsp3) is 0.455. The van der Waals surface area contributed by atoms with Gasteiger partial charge in [-0.3, -0.25) is 4.79 Å². The van der Waals surface area contributed by atoms with Gasteiger partial charge in [0.2, 0.25) is 10.0 Å². The normalized spacial score (nSPS) is 11.6. The maximum Gasteiger partial charge on any atom is 0.347 e. The van der Waals surface area contributed by atoms with Gasteiger partial charge in [0.15, 0.2) is 0 Å². The summed E-state index contributed by atoms with van der Waals surface area (Å²) in [5.41, 5.74) is 0. The Labute approximate surface area is 120 Å². The lowest BCUT2D eigenvalue weighted by Gasteiger charge is -2.16. The van der Waals surface area contributed by atoms with Crippen molar-refractivity contribution in [3.8, 4) is 0 Å². The van der Waals surface area contributed by atoms with Crippen molar-refractivity contribution < 1.29 is 27.9 Å². The quantitative estimate of drug-likeness (QED) is 0.752. The number of sulfonamides is 1. The highest BCUT2D eigenvalue weighted by molar-refractivity contribution is 7.89. The third-order valence-corrected chi connectivity index (χ3v) is 5.52. The van der Waals surface area contributed by atoms with Gasteiger partial charge in [-0.15, -0.1) is 11.3 Å². The van der Waals surface area contributed by atoms with Crippen molar-refractivity contribution in [3.63, 3.8) is 0 Å². The van der Waals surface area contributed by atoms with Crippen LogP contribution in [-0.4, -0.2) is 50.5 Å². The lowest BCUT2D eigenvalue weighted by Crippen LogP contribution is -2.29. The molecular formula is C11H15NO6S2. The Bertz CT molecular complexity index is 592. The number of esters is 1. The molecule has 0 unspecified atom stereocenters. The van der Waals surface area contributed by atoms with E-state index in [1.54, 1.807) is 0 Å². The van der Waals surface area contributed by atoms with Gasteiger partial charge in [-0.05, 0) is 17.9 Å². The zero-order valence-corrected chi connectivity index (χ0v) is 12.7. The number of hydrogen-bond acceptors (Lipinski definition) is 6. The Hall–Kier alpha value is -1.45. The summed E-state index contributed by atoms with van der Waals surface area (Å²) in [5, 5.41) is 10.4. The van der Waals surface area contributed by atoms with Crippen molar-refractivity contribution in [2.24, 2.45) is 0 Å². The highest BCUT2D eigenvalue weighted by atomic mass is 32.2. The average Bonchev–Trinajstić information content (AvgIpc) is 2.88. The van der Waals surface area contributed by atoms with Crippen molar-refractivity contribution in [2.45, 2.75) is 17.7 Å². The predicted molar refractivity (Wildman–Crippen MR) is 72.3 cm³/mol. The van der Waals surface area contributed by atoms with Crippen LogP contribution >= 0.6 is 11.3 Å². The fourth-order valence-corrected chi connectivity index (χ4v) is 3.93. The molecule has 0 amide bonds. The maximum absolute atomic E-state index is 12.2. The summed E-state index contributed by atoms with van der Waals surface area (Å²) in [7, 11) is -1.26. The van der Waals surface area contributed by atoms with Crippen LogP contribution in [0, 0.1) is 0 Å². The van der Waals surface area contributed by atoms with Gasteiger partial charge >= 0.3 is 11.9 Å². The van der Waals surface area contributed by atoms with Crippen LogP contribution in [0.3, 0.4) is 0 Å². The van der Waals surface area contributed by atoms with Crippen molar-refractivity contribution in [1.29, 1.82) is 0 Å². The molecule has 7 nitrogen and oxygen atoms in total. The van der Waals surface area contributed by atoms with Crippen LogP contribution in [0.15, 0.2) is 16.3 Å². The Morgan fingerprint density at radius 1 is 1.45 bits per heavy atom. The summed E-state index contributed by atoms with van der Waals surface area (Å²) in [6, 6.07) is 1.26. The summed E-state index contributed by atoms with van der Waals surface area (Å²) in [6.07, 6.45) is 0.404. The average molecular weight is 321 g/mol. The van der Waals surface area contributed by atoms with E-state index in [9.17, 15) is 18.0 Å². The molecule has 1 heterocycles. The zero-order valence-electron chi connectivity index (χ0n) is 11.0. The van der Waals surface area contributed by atoms with Crippen LogP contribution in [0.1, 0.15) is 22.5 Å². The standard InChI is InChI=1S/C11H15NO6S2/c1-12(6-3-4-9(13)18-2)20(16,17)8-5-7-19-10(8)11(14)15/h5,7H,3-4,6H2,1-2H3,(H,14,15).